The van der Waals surface area contributed by atoms with Crippen molar-refractivity contribution < 1.29 is 23.8 Å². The van der Waals surface area contributed by atoms with Crippen LogP contribution in [-0.4, -0.2) is 42.4 Å². The average molecular weight is 484 g/mol. The predicted molar refractivity (Wildman–Crippen MR) is 132 cm³/mol. The molecular weight excluding hydrogens is 458 g/mol. The normalized spacial score (nSPS) is 15.4. The molecule has 0 spiro atoms. The Morgan fingerprint density at radius 2 is 1.69 bits per heavy atom. The summed E-state index contributed by atoms with van der Waals surface area (Å²) in [7, 11) is 1.59. The second kappa shape index (κ2) is 11.2. The Balaban J connectivity index is 1.44. The number of ether oxygens (including phenoxy) is 3. The summed E-state index contributed by atoms with van der Waals surface area (Å²) < 4.78 is 16.1. The number of nitrogens with zero attached hydrogens (tertiary/aromatic N) is 3. The number of hydrazone groups is 1. The first-order valence-electron chi connectivity index (χ1n) is 11.4. The Morgan fingerprint density at radius 3 is 2.33 bits per heavy atom. The summed E-state index contributed by atoms with van der Waals surface area (Å²) in [6.45, 7) is 1.06. The Hall–Kier alpha value is -4.64. The van der Waals surface area contributed by atoms with Gasteiger partial charge in [-0.25, -0.2) is 9.80 Å². The number of benzene rings is 3. The van der Waals surface area contributed by atoms with Crippen LogP contribution in [0.15, 0.2) is 84.0 Å². The van der Waals surface area contributed by atoms with Crippen molar-refractivity contribution in [2.24, 2.45) is 5.10 Å². The van der Waals surface area contributed by atoms with Gasteiger partial charge in [0.2, 0.25) is 0 Å². The highest BCUT2D eigenvalue weighted by Gasteiger charge is 2.34. The van der Waals surface area contributed by atoms with E-state index < -0.39 is 24.6 Å². The molecule has 1 aliphatic rings. The first-order chi connectivity index (χ1) is 17.5. The maximum Gasteiger partial charge on any atom is 0.347 e. The number of hydrogen-bond acceptors (Lipinski definition) is 7. The number of carbonyl (C=O) groups excluding carboxylic acids is 2. The van der Waals surface area contributed by atoms with E-state index in [4.69, 9.17) is 19.5 Å². The molecule has 0 saturated carbocycles. The highest BCUT2D eigenvalue weighted by molar-refractivity contribution is 6.03. The monoisotopic (exact) mass is 483 g/mol. The van der Waals surface area contributed by atoms with E-state index in [2.05, 4.69) is 5.10 Å². The molecule has 8 nitrogen and oxygen atoms in total. The van der Waals surface area contributed by atoms with E-state index >= 15 is 0 Å². The molecule has 0 saturated heterocycles. The fraction of sp³-hybridized carbons (Fsp3) is 0.214. The Kier molecular flexibility index (Phi) is 7.61. The van der Waals surface area contributed by atoms with Crippen molar-refractivity contribution in [1.82, 2.24) is 5.01 Å². The second-order valence-corrected chi connectivity index (χ2v) is 8.15. The van der Waals surface area contributed by atoms with Crippen LogP contribution in [0.1, 0.15) is 36.1 Å². The van der Waals surface area contributed by atoms with Crippen molar-refractivity contribution in [1.29, 1.82) is 5.26 Å². The number of amides is 1. The molecule has 8 heteroatoms. The van der Waals surface area contributed by atoms with Gasteiger partial charge in [0.1, 0.15) is 11.5 Å². The molecule has 1 amide bonds. The van der Waals surface area contributed by atoms with Crippen molar-refractivity contribution in [3.05, 3.63) is 95.6 Å². The standard InChI is InChI=1S/C28H25N3O5/c1-19(36-24-12-8-20(17-29)9-13-24)28(33)35-18-27(32)31-26(22-10-14-23(34-2)15-11-22)16-25(30-31)21-6-4-3-5-7-21/h3-15,19,26H,16,18H2,1-2H3. The molecule has 0 bridgehead atoms. The third kappa shape index (κ3) is 5.70. The molecule has 0 radical (unpaired) electrons. The van der Waals surface area contributed by atoms with Gasteiger partial charge in [-0.15, -0.1) is 0 Å². The van der Waals surface area contributed by atoms with Crippen LogP contribution in [0.3, 0.4) is 0 Å². The van der Waals surface area contributed by atoms with Gasteiger partial charge in [-0.1, -0.05) is 42.5 Å². The molecule has 182 valence electrons. The first-order valence-corrected chi connectivity index (χ1v) is 11.4. The van der Waals surface area contributed by atoms with Crippen molar-refractivity contribution >= 4 is 17.6 Å². The molecule has 2 atom stereocenters. The van der Waals surface area contributed by atoms with Crippen LogP contribution in [-0.2, 0) is 14.3 Å². The minimum absolute atomic E-state index is 0.343. The van der Waals surface area contributed by atoms with E-state index in [0.717, 1.165) is 16.8 Å². The topological polar surface area (TPSA) is 101 Å². The van der Waals surface area contributed by atoms with E-state index in [0.29, 0.717) is 23.5 Å². The zero-order valence-corrected chi connectivity index (χ0v) is 20.0. The summed E-state index contributed by atoms with van der Waals surface area (Å²) in [6, 6.07) is 25.1. The Bertz CT molecular complexity index is 1280. The van der Waals surface area contributed by atoms with Gasteiger partial charge in [0.05, 0.1) is 30.5 Å². The number of hydrogen-bond donors (Lipinski definition) is 0. The fourth-order valence-corrected chi connectivity index (χ4v) is 3.81. The van der Waals surface area contributed by atoms with Crippen LogP contribution >= 0.6 is 0 Å². The summed E-state index contributed by atoms with van der Waals surface area (Å²) in [5.74, 6) is 0.00540. The van der Waals surface area contributed by atoms with Gasteiger partial charge in [0.25, 0.3) is 5.91 Å². The van der Waals surface area contributed by atoms with Crippen LogP contribution in [0, 0.1) is 11.3 Å². The molecule has 36 heavy (non-hydrogen) atoms. The van der Waals surface area contributed by atoms with Crippen LogP contribution in [0.5, 0.6) is 11.5 Å². The molecule has 0 aliphatic carbocycles. The zero-order valence-electron chi connectivity index (χ0n) is 20.0. The third-order valence-electron chi connectivity index (χ3n) is 5.74. The summed E-state index contributed by atoms with van der Waals surface area (Å²) in [4.78, 5) is 25.6. The maximum absolute atomic E-state index is 13.1. The lowest BCUT2D eigenvalue weighted by Gasteiger charge is -2.22. The van der Waals surface area contributed by atoms with Gasteiger partial charge < -0.3 is 14.2 Å². The van der Waals surface area contributed by atoms with Gasteiger partial charge in [-0.3, -0.25) is 4.79 Å². The largest absolute Gasteiger partial charge is 0.497 e. The van der Waals surface area contributed by atoms with Crippen molar-refractivity contribution in [2.45, 2.75) is 25.5 Å². The van der Waals surface area contributed by atoms with E-state index in [1.54, 1.807) is 31.4 Å². The fourth-order valence-electron chi connectivity index (χ4n) is 3.81. The molecule has 2 unspecified atom stereocenters. The maximum atomic E-state index is 13.1. The number of rotatable bonds is 8. The minimum Gasteiger partial charge on any atom is -0.497 e. The van der Waals surface area contributed by atoms with Crippen molar-refractivity contribution in [3.63, 3.8) is 0 Å². The van der Waals surface area contributed by atoms with Gasteiger partial charge >= 0.3 is 5.97 Å². The lowest BCUT2D eigenvalue weighted by Crippen LogP contribution is -2.34. The van der Waals surface area contributed by atoms with Gasteiger partial charge in [0, 0.05) is 6.42 Å². The van der Waals surface area contributed by atoms with E-state index in [9.17, 15) is 9.59 Å². The molecule has 0 aromatic heterocycles. The summed E-state index contributed by atoms with van der Waals surface area (Å²) in [5.41, 5.74) is 3.07. The van der Waals surface area contributed by atoms with E-state index in [1.165, 1.54) is 11.9 Å². The summed E-state index contributed by atoms with van der Waals surface area (Å²) in [6.07, 6.45) is -0.418. The highest BCUT2D eigenvalue weighted by Crippen LogP contribution is 2.33. The lowest BCUT2D eigenvalue weighted by atomic mass is 9.98. The summed E-state index contributed by atoms with van der Waals surface area (Å²) in [5, 5.41) is 14.9. The van der Waals surface area contributed by atoms with Crippen molar-refractivity contribution in [3.8, 4) is 17.6 Å². The predicted octanol–water partition coefficient (Wildman–Crippen LogP) is 4.26. The molecule has 3 aromatic rings. The van der Waals surface area contributed by atoms with Crippen molar-refractivity contribution in [2.75, 3.05) is 13.7 Å². The van der Waals surface area contributed by atoms with Crippen LogP contribution in [0.2, 0.25) is 0 Å². The Morgan fingerprint density at radius 1 is 1.03 bits per heavy atom. The first kappa shape index (κ1) is 24.5. The molecule has 1 aliphatic heterocycles. The third-order valence-corrected chi connectivity index (χ3v) is 5.74. The number of esters is 1. The van der Waals surface area contributed by atoms with Gasteiger partial charge in [0.15, 0.2) is 12.7 Å². The van der Waals surface area contributed by atoms with Gasteiger partial charge in [-0.05, 0) is 54.4 Å². The smallest absolute Gasteiger partial charge is 0.347 e. The van der Waals surface area contributed by atoms with E-state index in [-0.39, 0.29) is 6.04 Å². The van der Waals surface area contributed by atoms with Crippen LogP contribution in [0.25, 0.3) is 0 Å². The molecule has 4 rings (SSSR count). The molecule has 0 fully saturated rings. The number of methoxy groups -OCH3 is 1. The van der Waals surface area contributed by atoms with E-state index in [1.807, 2.05) is 60.7 Å². The van der Waals surface area contributed by atoms with Gasteiger partial charge in [-0.2, -0.15) is 10.4 Å². The zero-order chi connectivity index (χ0) is 25.5. The minimum atomic E-state index is -0.940. The molecular formula is C28H25N3O5. The highest BCUT2D eigenvalue weighted by atomic mass is 16.6. The van der Waals surface area contributed by atoms with Crippen LogP contribution < -0.4 is 9.47 Å². The average Bonchev–Trinajstić information content (AvgIpc) is 3.38. The second-order valence-electron chi connectivity index (χ2n) is 8.15. The molecule has 0 N–H and O–H groups in total. The number of carbonyl (C=O) groups is 2. The SMILES string of the molecule is COc1ccc(C2CC(c3ccccc3)=NN2C(=O)COC(=O)C(C)Oc2ccc(C#N)cc2)cc1. The number of nitriles is 1. The summed E-state index contributed by atoms with van der Waals surface area (Å²) >= 11 is 0. The Labute approximate surface area is 209 Å². The molecule has 1 heterocycles. The quantitative estimate of drug-likeness (QED) is 0.444. The molecule has 3 aromatic carbocycles. The lowest BCUT2D eigenvalue weighted by molar-refractivity contribution is -0.158. The van der Waals surface area contributed by atoms with Crippen LogP contribution in [0.4, 0.5) is 0 Å².